The van der Waals surface area contributed by atoms with Gasteiger partial charge in [0.2, 0.25) is 5.91 Å². The Labute approximate surface area is 137 Å². The quantitative estimate of drug-likeness (QED) is 0.911. The van der Waals surface area contributed by atoms with Crippen LogP contribution in [0.3, 0.4) is 0 Å². The van der Waals surface area contributed by atoms with Gasteiger partial charge in [0, 0.05) is 48.1 Å². The smallest absolute Gasteiger partial charge is 0.248 e. The maximum absolute atomic E-state index is 11.1. The van der Waals surface area contributed by atoms with E-state index in [2.05, 4.69) is 30.7 Å². The van der Waals surface area contributed by atoms with Crippen molar-refractivity contribution in [3.05, 3.63) is 52.6 Å². The number of carbonyl (C=O) groups excluding carboxylic acids is 1. The summed E-state index contributed by atoms with van der Waals surface area (Å²) in [6.07, 6.45) is 1.82. The van der Waals surface area contributed by atoms with Gasteiger partial charge in [-0.05, 0) is 52.3 Å². The fourth-order valence-corrected chi connectivity index (χ4v) is 2.82. The Hall–Kier alpha value is -2.08. The van der Waals surface area contributed by atoms with Crippen molar-refractivity contribution in [3.8, 4) is 0 Å². The van der Waals surface area contributed by atoms with Crippen LogP contribution >= 0.6 is 15.9 Å². The lowest BCUT2D eigenvalue weighted by atomic mass is 10.1. The average Bonchev–Trinajstić information content (AvgIpc) is 2.56. The third-order valence-electron chi connectivity index (χ3n) is 3.83. The lowest BCUT2D eigenvalue weighted by Gasteiger charge is -2.36. The number of aromatic nitrogens is 1. The number of nitrogens with two attached hydrogens (primary N) is 1. The van der Waals surface area contributed by atoms with Crippen LogP contribution in [-0.4, -0.2) is 37.1 Å². The second-order valence-electron chi connectivity index (χ2n) is 5.22. The van der Waals surface area contributed by atoms with Crippen molar-refractivity contribution in [1.29, 1.82) is 0 Å². The van der Waals surface area contributed by atoms with Crippen molar-refractivity contribution in [1.82, 2.24) is 4.98 Å². The second kappa shape index (κ2) is 6.36. The zero-order valence-corrected chi connectivity index (χ0v) is 13.7. The average molecular weight is 361 g/mol. The van der Waals surface area contributed by atoms with E-state index >= 15 is 0 Å². The first-order valence-electron chi connectivity index (χ1n) is 7.15. The summed E-state index contributed by atoms with van der Waals surface area (Å²) in [4.78, 5) is 20.1. The van der Waals surface area contributed by atoms with Crippen LogP contribution in [0.5, 0.6) is 0 Å². The standard InChI is InChI=1S/C16H17BrN4O/c17-13-3-6-15(19-11-13)21-9-7-20(8-10-21)14-4-1-12(2-5-14)16(18)22/h1-6,11H,7-10H2,(H2,18,22). The molecule has 1 fully saturated rings. The molecule has 1 aromatic heterocycles. The number of carbonyl (C=O) groups is 1. The zero-order chi connectivity index (χ0) is 15.5. The van der Waals surface area contributed by atoms with Gasteiger partial charge in [0.25, 0.3) is 0 Å². The van der Waals surface area contributed by atoms with Crippen molar-refractivity contribution >= 4 is 33.3 Å². The molecule has 114 valence electrons. The van der Waals surface area contributed by atoms with Gasteiger partial charge >= 0.3 is 0 Å². The number of primary amides is 1. The summed E-state index contributed by atoms with van der Waals surface area (Å²) in [5.74, 6) is 0.615. The SMILES string of the molecule is NC(=O)c1ccc(N2CCN(c3ccc(Br)cn3)CC2)cc1. The van der Waals surface area contributed by atoms with Crippen molar-refractivity contribution < 1.29 is 4.79 Å². The van der Waals surface area contributed by atoms with Crippen molar-refractivity contribution in [2.24, 2.45) is 5.73 Å². The minimum Gasteiger partial charge on any atom is -0.368 e. The third kappa shape index (κ3) is 3.22. The number of pyridine rings is 1. The highest BCUT2D eigenvalue weighted by Crippen LogP contribution is 2.20. The fourth-order valence-electron chi connectivity index (χ4n) is 2.59. The number of hydrogen-bond donors (Lipinski definition) is 1. The molecule has 1 saturated heterocycles. The summed E-state index contributed by atoms with van der Waals surface area (Å²) in [5.41, 5.74) is 6.93. The molecule has 0 bridgehead atoms. The van der Waals surface area contributed by atoms with E-state index in [0.29, 0.717) is 5.56 Å². The van der Waals surface area contributed by atoms with E-state index in [0.717, 1.165) is 42.2 Å². The first-order valence-corrected chi connectivity index (χ1v) is 7.94. The molecule has 0 spiro atoms. The lowest BCUT2D eigenvalue weighted by molar-refractivity contribution is 0.100. The largest absolute Gasteiger partial charge is 0.368 e. The Morgan fingerprint density at radius 3 is 2.18 bits per heavy atom. The molecule has 1 aliphatic rings. The van der Waals surface area contributed by atoms with E-state index in [1.807, 2.05) is 30.5 Å². The number of nitrogens with zero attached hydrogens (tertiary/aromatic N) is 3. The highest BCUT2D eigenvalue weighted by Gasteiger charge is 2.18. The van der Waals surface area contributed by atoms with Crippen LogP contribution in [0.25, 0.3) is 0 Å². The molecule has 0 saturated carbocycles. The summed E-state index contributed by atoms with van der Waals surface area (Å²) >= 11 is 3.40. The first kappa shape index (κ1) is 14.8. The van der Waals surface area contributed by atoms with Gasteiger partial charge in [-0.25, -0.2) is 4.98 Å². The Morgan fingerprint density at radius 1 is 1.00 bits per heavy atom. The lowest BCUT2D eigenvalue weighted by Crippen LogP contribution is -2.46. The summed E-state index contributed by atoms with van der Waals surface area (Å²) in [6.45, 7) is 3.69. The van der Waals surface area contributed by atoms with Gasteiger partial charge in [0.05, 0.1) is 0 Å². The number of hydrogen-bond acceptors (Lipinski definition) is 4. The van der Waals surface area contributed by atoms with E-state index in [4.69, 9.17) is 5.73 Å². The van der Waals surface area contributed by atoms with Gasteiger partial charge in [0.15, 0.2) is 0 Å². The maximum Gasteiger partial charge on any atom is 0.248 e. The topological polar surface area (TPSA) is 62.5 Å². The first-order chi connectivity index (χ1) is 10.6. The second-order valence-corrected chi connectivity index (χ2v) is 6.14. The van der Waals surface area contributed by atoms with Crippen LogP contribution in [0.1, 0.15) is 10.4 Å². The molecule has 2 N–H and O–H groups in total. The van der Waals surface area contributed by atoms with Gasteiger partial charge in [-0.15, -0.1) is 0 Å². The van der Waals surface area contributed by atoms with Crippen molar-refractivity contribution in [2.45, 2.75) is 0 Å². The molecule has 22 heavy (non-hydrogen) atoms. The van der Waals surface area contributed by atoms with E-state index < -0.39 is 5.91 Å². The summed E-state index contributed by atoms with van der Waals surface area (Å²) in [7, 11) is 0. The monoisotopic (exact) mass is 360 g/mol. The Bertz CT molecular complexity index is 649. The molecular weight excluding hydrogens is 344 g/mol. The van der Waals surface area contributed by atoms with Crippen LogP contribution in [0, 0.1) is 0 Å². The fraction of sp³-hybridized carbons (Fsp3) is 0.250. The molecule has 0 atom stereocenters. The van der Waals surface area contributed by atoms with Crippen LogP contribution in [0.15, 0.2) is 47.1 Å². The van der Waals surface area contributed by atoms with Crippen molar-refractivity contribution in [3.63, 3.8) is 0 Å². The molecule has 2 aromatic rings. The van der Waals surface area contributed by atoms with Crippen LogP contribution in [-0.2, 0) is 0 Å². The molecular formula is C16H17BrN4O. The minimum atomic E-state index is -0.391. The highest BCUT2D eigenvalue weighted by molar-refractivity contribution is 9.10. The molecule has 6 heteroatoms. The number of halogens is 1. The number of rotatable bonds is 3. The predicted molar refractivity (Wildman–Crippen MR) is 91.3 cm³/mol. The molecule has 0 unspecified atom stereocenters. The Balaban J connectivity index is 1.63. The molecule has 3 rings (SSSR count). The molecule has 1 aliphatic heterocycles. The Morgan fingerprint density at radius 2 is 1.64 bits per heavy atom. The summed E-state index contributed by atoms with van der Waals surface area (Å²) < 4.78 is 0.990. The van der Waals surface area contributed by atoms with Gasteiger partial charge in [-0.2, -0.15) is 0 Å². The maximum atomic E-state index is 11.1. The summed E-state index contributed by atoms with van der Waals surface area (Å²) in [6, 6.07) is 11.5. The molecule has 1 aromatic carbocycles. The Kier molecular flexibility index (Phi) is 4.29. The van der Waals surface area contributed by atoms with Gasteiger partial charge in [-0.3, -0.25) is 4.79 Å². The van der Waals surface area contributed by atoms with Crippen molar-refractivity contribution in [2.75, 3.05) is 36.0 Å². The third-order valence-corrected chi connectivity index (χ3v) is 4.30. The van der Waals surface area contributed by atoms with Crippen LogP contribution < -0.4 is 15.5 Å². The van der Waals surface area contributed by atoms with E-state index in [1.54, 1.807) is 12.1 Å². The van der Waals surface area contributed by atoms with E-state index in [-0.39, 0.29) is 0 Å². The van der Waals surface area contributed by atoms with E-state index in [1.165, 1.54) is 0 Å². The van der Waals surface area contributed by atoms with Gasteiger partial charge in [0.1, 0.15) is 5.82 Å². The number of benzene rings is 1. The molecule has 5 nitrogen and oxygen atoms in total. The number of amides is 1. The van der Waals surface area contributed by atoms with Gasteiger partial charge in [-0.1, -0.05) is 0 Å². The molecule has 1 amide bonds. The number of anilines is 2. The number of piperazine rings is 1. The zero-order valence-electron chi connectivity index (χ0n) is 12.1. The highest BCUT2D eigenvalue weighted by atomic mass is 79.9. The van der Waals surface area contributed by atoms with E-state index in [9.17, 15) is 4.79 Å². The normalized spacial score (nSPS) is 15.0. The predicted octanol–water partition coefficient (Wildman–Crippen LogP) is 2.27. The van der Waals surface area contributed by atoms with Crippen LogP contribution in [0.2, 0.25) is 0 Å². The van der Waals surface area contributed by atoms with Crippen LogP contribution in [0.4, 0.5) is 11.5 Å². The molecule has 0 aliphatic carbocycles. The summed E-state index contributed by atoms with van der Waals surface area (Å²) in [5, 5.41) is 0. The molecule has 2 heterocycles. The molecule has 0 radical (unpaired) electrons. The van der Waals surface area contributed by atoms with Gasteiger partial charge < -0.3 is 15.5 Å². The minimum absolute atomic E-state index is 0.391.